The summed E-state index contributed by atoms with van der Waals surface area (Å²) >= 11 is 6.15. The lowest BCUT2D eigenvalue weighted by molar-refractivity contribution is 0.634. The largest absolute Gasteiger partial charge is 0.352 e. The van der Waals surface area contributed by atoms with Gasteiger partial charge < -0.3 is 9.88 Å². The van der Waals surface area contributed by atoms with Crippen LogP contribution in [0.4, 0.5) is 5.95 Å². The highest BCUT2D eigenvalue weighted by molar-refractivity contribution is 6.31. The minimum Gasteiger partial charge on any atom is -0.352 e. The number of imidazole rings is 1. The number of nitrogens with zero attached hydrogens (tertiary/aromatic N) is 2. The molecular weight excluding hydrogens is 258 g/mol. The molecule has 2 rings (SSSR count). The lowest BCUT2D eigenvalue weighted by atomic mass is 10.2. The van der Waals surface area contributed by atoms with Crippen LogP contribution in [0.15, 0.2) is 30.5 Å². The first-order valence-electron chi connectivity index (χ1n) is 6.71. The van der Waals surface area contributed by atoms with Gasteiger partial charge >= 0.3 is 0 Å². The van der Waals surface area contributed by atoms with E-state index in [-0.39, 0.29) is 0 Å². The van der Waals surface area contributed by atoms with Crippen molar-refractivity contribution in [2.45, 2.75) is 39.8 Å². The number of aryl methyl sites for hydroxylation is 2. The van der Waals surface area contributed by atoms with E-state index in [4.69, 9.17) is 11.6 Å². The van der Waals surface area contributed by atoms with Crippen LogP contribution in [0.3, 0.4) is 0 Å². The first-order chi connectivity index (χ1) is 9.20. The quantitative estimate of drug-likeness (QED) is 0.855. The molecule has 0 radical (unpaired) electrons. The average Bonchev–Trinajstić information content (AvgIpc) is 2.76. The summed E-state index contributed by atoms with van der Waals surface area (Å²) in [5.74, 6) is 0.922. The van der Waals surface area contributed by atoms with Gasteiger partial charge in [-0.3, -0.25) is 0 Å². The van der Waals surface area contributed by atoms with Gasteiger partial charge in [0.25, 0.3) is 0 Å². The van der Waals surface area contributed by atoms with Crippen LogP contribution >= 0.6 is 11.6 Å². The highest BCUT2D eigenvalue weighted by Crippen LogP contribution is 2.17. The Kier molecular flexibility index (Phi) is 4.86. The average molecular weight is 278 g/mol. The van der Waals surface area contributed by atoms with Crippen LogP contribution in [-0.4, -0.2) is 9.55 Å². The van der Waals surface area contributed by atoms with Crippen LogP contribution in [0.1, 0.15) is 31.0 Å². The lowest BCUT2D eigenvalue weighted by Gasteiger charge is -2.10. The molecule has 3 nitrogen and oxygen atoms in total. The van der Waals surface area contributed by atoms with E-state index in [0.717, 1.165) is 35.2 Å². The van der Waals surface area contributed by atoms with Crippen molar-refractivity contribution in [2.75, 3.05) is 5.32 Å². The Hall–Kier alpha value is -1.48. The van der Waals surface area contributed by atoms with Gasteiger partial charge in [0.15, 0.2) is 0 Å². The van der Waals surface area contributed by atoms with E-state index in [2.05, 4.69) is 28.0 Å². The summed E-state index contributed by atoms with van der Waals surface area (Å²) in [6.07, 6.45) is 4.43. The first-order valence-corrected chi connectivity index (χ1v) is 7.09. The summed E-state index contributed by atoms with van der Waals surface area (Å²) < 4.78 is 2.18. The molecule has 0 bridgehead atoms. The molecule has 1 aromatic carbocycles. The van der Waals surface area contributed by atoms with Crippen molar-refractivity contribution in [1.82, 2.24) is 9.55 Å². The molecule has 4 heteroatoms. The second-order valence-electron chi connectivity index (χ2n) is 4.70. The van der Waals surface area contributed by atoms with Crippen molar-refractivity contribution in [3.63, 3.8) is 0 Å². The summed E-state index contributed by atoms with van der Waals surface area (Å²) in [6.45, 7) is 5.91. The molecule has 0 fully saturated rings. The molecule has 0 aliphatic carbocycles. The lowest BCUT2D eigenvalue weighted by Crippen LogP contribution is -2.07. The summed E-state index contributed by atoms with van der Waals surface area (Å²) in [6, 6.07) is 7.88. The number of halogens is 1. The van der Waals surface area contributed by atoms with Crippen molar-refractivity contribution in [3.8, 4) is 0 Å². The molecule has 102 valence electrons. The molecule has 0 saturated heterocycles. The molecule has 1 aromatic heterocycles. The Morgan fingerprint density at radius 3 is 2.84 bits per heavy atom. The van der Waals surface area contributed by atoms with E-state index in [1.54, 1.807) is 0 Å². The van der Waals surface area contributed by atoms with Gasteiger partial charge in [-0.05, 0) is 25.0 Å². The molecule has 19 heavy (non-hydrogen) atoms. The van der Waals surface area contributed by atoms with Crippen molar-refractivity contribution >= 4 is 17.5 Å². The first kappa shape index (κ1) is 13.9. The van der Waals surface area contributed by atoms with Gasteiger partial charge in [-0.25, -0.2) is 4.98 Å². The fraction of sp³-hybridized carbons (Fsp3) is 0.400. The summed E-state index contributed by atoms with van der Waals surface area (Å²) in [5.41, 5.74) is 2.13. The number of benzene rings is 1. The Bertz CT molecular complexity index is 534. The minimum absolute atomic E-state index is 0.697. The van der Waals surface area contributed by atoms with E-state index in [9.17, 15) is 0 Å². The van der Waals surface area contributed by atoms with Crippen LogP contribution in [-0.2, 0) is 13.1 Å². The maximum Gasteiger partial charge on any atom is 0.203 e. The van der Waals surface area contributed by atoms with Crippen molar-refractivity contribution < 1.29 is 0 Å². The van der Waals surface area contributed by atoms with E-state index in [0.29, 0.717) is 6.54 Å². The predicted octanol–water partition coefficient (Wildman–Crippen LogP) is 4.26. The number of rotatable bonds is 6. The normalized spacial score (nSPS) is 10.7. The van der Waals surface area contributed by atoms with Crippen LogP contribution in [0.25, 0.3) is 0 Å². The van der Waals surface area contributed by atoms with Gasteiger partial charge in [0.2, 0.25) is 5.95 Å². The third kappa shape index (κ3) is 3.74. The molecule has 2 aromatic rings. The van der Waals surface area contributed by atoms with E-state index < -0.39 is 0 Å². The Labute approximate surface area is 119 Å². The highest BCUT2D eigenvalue weighted by Gasteiger charge is 2.06. The number of unbranched alkanes of at least 4 members (excludes halogenated alkanes) is 1. The molecule has 0 unspecified atom stereocenters. The molecule has 0 aliphatic heterocycles. The SMILES string of the molecule is CCCCn1cc(C)nc1NCc1ccccc1Cl. The van der Waals surface area contributed by atoms with Crippen molar-refractivity contribution in [2.24, 2.45) is 0 Å². The maximum atomic E-state index is 6.15. The number of anilines is 1. The summed E-state index contributed by atoms with van der Waals surface area (Å²) in [4.78, 5) is 4.52. The van der Waals surface area contributed by atoms with Gasteiger partial charge in [0.1, 0.15) is 0 Å². The molecule has 0 saturated carbocycles. The molecule has 0 amide bonds. The summed E-state index contributed by atoms with van der Waals surface area (Å²) in [5, 5.41) is 4.16. The third-order valence-corrected chi connectivity index (χ3v) is 3.41. The number of aromatic nitrogens is 2. The van der Waals surface area contributed by atoms with Crippen molar-refractivity contribution in [3.05, 3.63) is 46.7 Å². The van der Waals surface area contributed by atoms with Crippen molar-refractivity contribution in [1.29, 1.82) is 0 Å². The molecule has 0 atom stereocenters. The van der Waals surface area contributed by atoms with Gasteiger partial charge in [-0.2, -0.15) is 0 Å². The highest BCUT2D eigenvalue weighted by atomic mass is 35.5. The number of hydrogen-bond donors (Lipinski definition) is 1. The number of hydrogen-bond acceptors (Lipinski definition) is 2. The number of nitrogens with one attached hydrogen (secondary N) is 1. The maximum absolute atomic E-state index is 6.15. The van der Waals surface area contributed by atoms with Crippen LogP contribution in [0.5, 0.6) is 0 Å². The van der Waals surface area contributed by atoms with Gasteiger partial charge in [0, 0.05) is 24.3 Å². The molecular formula is C15H20ClN3. The third-order valence-electron chi connectivity index (χ3n) is 3.04. The fourth-order valence-electron chi connectivity index (χ4n) is 2.00. The topological polar surface area (TPSA) is 29.9 Å². The molecule has 1 N–H and O–H groups in total. The Morgan fingerprint density at radius 1 is 1.32 bits per heavy atom. The van der Waals surface area contributed by atoms with Crippen LogP contribution in [0, 0.1) is 6.92 Å². The molecule has 0 aliphatic rings. The zero-order valence-corrected chi connectivity index (χ0v) is 12.2. The van der Waals surface area contributed by atoms with Crippen LogP contribution < -0.4 is 5.32 Å². The predicted molar refractivity (Wildman–Crippen MR) is 80.7 cm³/mol. The standard InChI is InChI=1S/C15H20ClN3/c1-3-4-9-19-11-12(2)18-15(19)17-10-13-7-5-6-8-14(13)16/h5-8,11H,3-4,9-10H2,1-2H3,(H,17,18). The Morgan fingerprint density at radius 2 is 2.11 bits per heavy atom. The zero-order chi connectivity index (χ0) is 13.7. The molecule has 1 heterocycles. The van der Waals surface area contributed by atoms with Crippen LogP contribution in [0.2, 0.25) is 5.02 Å². The van der Waals surface area contributed by atoms with Gasteiger partial charge in [-0.1, -0.05) is 43.1 Å². The van der Waals surface area contributed by atoms with Gasteiger partial charge in [-0.15, -0.1) is 0 Å². The van der Waals surface area contributed by atoms with E-state index in [1.165, 1.54) is 6.42 Å². The second kappa shape index (κ2) is 6.62. The second-order valence-corrected chi connectivity index (χ2v) is 5.11. The van der Waals surface area contributed by atoms with Gasteiger partial charge in [0.05, 0.1) is 5.69 Å². The summed E-state index contributed by atoms with van der Waals surface area (Å²) in [7, 11) is 0. The van der Waals surface area contributed by atoms with E-state index >= 15 is 0 Å². The van der Waals surface area contributed by atoms with E-state index in [1.807, 2.05) is 31.2 Å². The zero-order valence-electron chi connectivity index (χ0n) is 11.5. The molecule has 0 spiro atoms. The smallest absolute Gasteiger partial charge is 0.203 e. The monoisotopic (exact) mass is 277 g/mol. The fourth-order valence-corrected chi connectivity index (χ4v) is 2.21. The minimum atomic E-state index is 0.697. The Balaban J connectivity index is 2.05.